The van der Waals surface area contributed by atoms with Crippen molar-refractivity contribution in [3.63, 3.8) is 0 Å². The fourth-order valence-corrected chi connectivity index (χ4v) is 1.75. The number of alkyl halides is 1. The number of benzene rings is 2. The average molecular weight is 237 g/mol. The van der Waals surface area contributed by atoms with Crippen LogP contribution in [0.25, 0.3) is 10.8 Å². The highest BCUT2D eigenvalue weighted by atomic mass is 79.9. The molecule has 2 aromatic carbocycles. The second-order valence-electron chi connectivity index (χ2n) is 2.97. The lowest BCUT2D eigenvalue weighted by Crippen LogP contribution is -1.79. The van der Waals surface area contributed by atoms with E-state index in [4.69, 9.17) is 0 Å². The number of hydrogen-bond donors (Lipinski definition) is 1. The zero-order chi connectivity index (χ0) is 9.26. The first-order valence-electron chi connectivity index (χ1n) is 4.08. The maximum atomic E-state index is 9.66. The summed E-state index contributed by atoms with van der Waals surface area (Å²) in [6.07, 6.45) is 0. The van der Waals surface area contributed by atoms with E-state index in [1.165, 1.54) is 0 Å². The van der Waals surface area contributed by atoms with E-state index in [0.29, 0.717) is 5.75 Å². The average Bonchev–Trinajstić information content (AvgIpc) is 2.18. The van der Waals surface area contributed by atoms with E-state index in [9.17, 15) is 5.11 Å². The smallest absolute Gasteiger partial charge is 0.123 e. The second kappa shape index (κ2) is 3.38. The lowest BCUT2D eigenvalue weighted by molar-refractivity contribution is 0.481. The molecule has 2 aromatic rings. The molecule has 13 heavy (non-hydrogen) atoms. The Bertz CT molecular complexity index is 437. The molecule has 66 valence electrons. The highest BCUT2D eigenvalue weighted by molar-refractivity contribution is 9.08. The molecule has 0 saturated heterocycles. The monoisotopic (exact) mass is 236 g/mol. The Hall–Kier alpha value is -1.02. The minimum atomic E-state index is 0.354. The van der Waals surface area contributed by atoms with Gasteiger partial charge in [0.15, 0.2) is 0 Å². The first kappa shape index (κ1) is 8.57. The summed E-state index contributed by atoms with van der Waals surface area (Å²) in [7, 11) is 0. The largest absolute Gasteiger partial charge is 0.507 e. The van der Waals surface area contributed by atoms with Gasteiger partial charge in [0.2, 0.25) is 0 Å². The molecule has 0 bridgehead atoms. The van der Waals surface area contributed by atoms with Gasteiger partial charge >= 0.3 is 0 Å². The molecule has 1 nitrogen and oxygen atoms in total. The van der Waals surface area contributed by atoms with Gasteiger partial charge < -0.3 is 5.11 Å². The first-order chi connectivity index (χ1) is 6.31. The predicted molar refractivity (Wildman–Crippen MR) is 58.2 cm³/mol. The van der Waals surface area contributed by atoms with Crippen LogP contribution < -0.4 is 0 Å². The summed E-state index contributed by atoms with van der Waals surface area (Å²) in [5.41, 5.74) is 1.09. The molecule has 0 aliphatic carbocycles. The minimum absolute atomic E-state index is 0.354. The van der Waals surface area contributed by atoms with Crippen LogP contribution in [-0.2, 0) is 5.33 Å². The third-order valence-corrected chi connectivity index (χ3v) is 2.70. The van der Waals surface area contributed by atoms with E-state index in [2.05, 4.69) is 22.0 Å². The maximum absolute atomic E-state index is 9.66. The van der Waals surface area contributed by atoms with Crippen LogP contribution in [0.2, 0.25) is 0 Å². The van der Waals surface area contributed by atoms with Crippen molar-refractivity contribution in [2.45, 2.75) is 5.33 Å². The van der Waals surface area contributed by atoms with Crippen molar-refractivity contribution in [2.75, 3.05) is 0 Å². The molecule has 0 fully saturated rings. The van der Waals surface area contributed by atoms with Crippen LogP contribution >= 0.6 is 15.9 Å². The Labute approximate surface area is 85.1 Å². The Morgan fingerprint density at radius 1 is 1.15 bits per heavy atom. The van der Waals surface area contributed by atoms with E-state index in [1.807, 2.05) is 24.3 Å². The number of fused-ring (bicyclic) bond motifs is 1. The van der Waals surface area contributed by atoms with Crippen molar-refractivity contribution >= 4 is 26.7 Å². The number of phenolic OH excluding ortho intramolecular Hbond substituents is 1. The second-order valence-corrected chi connectivity index (χ2v) is 3.53. The van der Waals surface area contributed by atoms with Crippen molar-refractivity contribution < 1.29 is 5.11 Å². The molecule has 0 atom stereocenters. The van der Waals surface area contributed by atoms with E-state index in [0.717, 1.165) is 21.7 Å². The zero-order valence-electron chi connectivity index (χ0n) is 7.00. The lowest BCUT2D eigenvalue weighted by Gasteiger charge is -2.03. The van der Waals surface area contributed by atoms with Gasteiger partial charge in [0, 0.05) is 10.7 Å². The van der Waals surface area contributed by atoms with Crippen LogP contribution in [-0.4, -0.2) is 5.11 Å². The molecule has 0 saturated carbocycles. The Morgan fingerprint density at radius 3 is 2.69 bits per heavy atom. The molecule has 0 aliphatic heterocycles. The summed E-state index contributed by atoms with van der Waals surface area (Å²) >= 11 is 3.37. The Kier molecular flexibility index (Phi) is 2.23. The number of aromatic hydroxyl groups is 1. The predicted octanol–water partition coefficient (Wildman–Crippen LogP) is 3.44. The molecular formula is C11H9BrO. The van der Waals surface area contributed by atoms with E-state index < -0.39 is 0 Å². The molecule has 0 radical (unpaired) electrons. The third kappa shape index (κ3) is 1.54. The Balaban J connectivity index is 2.77. The fraction of sp³-hybridized carbons (Fsp3) is 0.0909. The van der Waals surface area contributed by atoms with E-state index in [-0.39, 0.29) is 0 Å². The quantitative estimate of drug-likeness (QED) is 0.753. The first-order valence-corrected chi connectivity index (χ1v) is 5.20. The number of phenols is 1. The van der Waals surface area contributed by atoms with Crippen molar-refractivity contribution in [1.29, 1.82) is 0 Å². The van der Waals surface area contributed by atoms with Gasteiger partial charge in [-0.15, -0.1) is 0 Å². The molecule has 0 aliphatic rings. The van der Waals surface area contributed by atoms with Crippen molar-refractivity contribution in [2.24, 2.45) is 0 Å². The molecule has 2 heteroatoms. The van der Waals surface area contributed by atoms with Crippen molar-refractivity contribution in [3.8, 4) is 5.75 Å². The van der Waals surface area contributed by atoms with Gasteiger partial charge in [-0.3, -0.25) is 0 Å². The standard InChI is InChI=1S/C11H9BrO/c12-7-8-5-9-3-1-2-4-10(9)11(13)6-8/h1-6,13H,7H2. The number of hydrogen-bond acceptors (Lipinski definition) is 1. The summed E-state index contributed by atoms with van der Waals surface area (Å²) in [5.74, 6) is 0.354. The molecule has 0 aromatic heterocycles. The van der Waals surface area contributed by atoms with Gasteiger partial charge in [-0.2, -0.15) is 0 Å². The highest BCUT2D eigenvalue weighted by Gasteiger charge is 2.00. The topological polar surface area (TPSA) is 20.2 Å². The van der Waals surface area contributed by atoms with Crippen molar-refractivity contribution in [3.05, 3.63) is 42.0 Å². The number of halogens is 1. The van der Waals surface area contributed by atoms with Crippen LogP contribution in [0.5, 0.6) is 5.75 Å². The number of rotatable bonds is 1. The van der Waals surface area contributed by atoms with Gasteiger partial charge in [-0.1, -0.05) is 46.3 Å². The summed E-state index contributed by atoms with van der Waals surface area (Å²) in [5, 5.41) is 12.4. The molecule has 0 unspecified atom stereocenters. The van der Waals surface area contributed by atoms with Crippen LogP contribution in [0.1, 0.15) is 5.56 Å². The van der Waals surface area contributed by atoms with Gasteiger partial charge in [0.05, 0.1) is 0 Å². The van der Waals surface area contributed by atoms with Gasteiger partial charge in [-0.05, 0) is 17.0 Å². The molecule has 1 N–H and O–H groups in total. The lowest BCUT2D eigenvalue weighted by atomic mass is 10.1. The fourth-order valence-electron chi connectivity index (χ4n) is 1.43. The van der Waals surface area contributed by atoms with Gasteiger partial charge in [0.25, 0.3) is 0 Å². The van der Waals surface area contributed by atoms with Crippen LogP contribution in [0.4, 0.5) is 0 Å². The van der Waals surface area contributed by atoms with Crippen LogP contribution in [0.15, 0.2) is 36.4 Å². The molecule has 0 amide bonds. The summed E-state index contributed by atoms with van der Waals surface area (Å²) in [4.78, 5) is 0. The molecule has 0 heterocycles. The maximum Gasteiger partial charge on any atom is 0.123 e. The molecule has 2 rings (SSSR count). The van der Waals surface area contributed by atoms with Crippen molar-refractivity contribution in [1.82, 2.24) is 0 Å². The minimum Gasteiger partial charge on any atom is -0.507 e. The summed E-state index contributed by atoms with van der Waals surface area (Å²) < 4.78 is 0. The van der Waals surface area contributed by atoms with Crippen LogP contribution in [0.3, 0.4) is 0 Å². The normalized spacial score (nSPS) is 10.5. The van der Waals surface area contributed by atoms with E-state index in [1.54, 1.807) is 6.07 Å². The summed E-state index contributed by atoms with van der Waals surface area (Å²) in [6.45, 7) is 0. The van der Waals surface area contributed by atoms with E-state index >= 15 is 0 Å². The SMILES string of the molecule is Oc1cc(CBr)cc2ccccc12. The van der Waals surface area contributed by atoms with Crippen LogP contribution in [0, 0.1) is 0 Å². The Morgan fingerprint density at radius 2 is 1.92 bits per heavy atom. The summed E-state index contributed by atoms with van der Waals surface area (Å²) in [6, 6.07) is 11.7. The van der Waals surface area contributed by atoms with Gasteiger partial charge in [0.1, 0.15) is 5.75 Å². The van der Waals surface area contributed by atoms with Gasteiger partial charge in [-0.25, -0.2) is 0 Å². The zero-order valence-corrected chi connectivity index (χ0v) is 8.58. The third-order valence-electron chi connectivity index (χ3n) is 2.05. The molecule has 0 spiro atoms. The molecular weight excluding hydrogens is 228 g/mol. The highest BCUT2D eigenvalue weighted by Crippen LogP contribution is 2.26.